The molecule has 0 aliphatic carbocycles. The number of nitrogens with one attached hydrogen (secondary N) is 3. The zero-order valence-corrected chi connectivity index (χ0v) is 7.50. The van der Waals surface area contributed by atoms with E-state index >= 15 is 0 Å². The largest absolute Gasteiger partial charge is 0.342 e. The second-order valence-electron chi connectivity index (χ2n) is 3.30. The highest BCUT2D eigenvalue weighted by Gasteiger charge is 2.17. The lowest BCUT2D eigenvalue weighted by Crippen LogP contribution is -2.49. The van der Waals surface area contributed by atoms with Crippen LogP contribution in [-0.4, -0.2) is 40.9 Å². The van der Waals surface area contributed by atoms with Crippen LogP contribution >= 0.6 is 0 Å². The number of rotatable bonds is 1. The van der Waals surface area contributed by atoms with E-state index in [1.54, 1.807) is 0 Å². The first kappa shape index (κ1) is 8.31. The first-order chi connectivity index (χ1) is 6.25. The van der Waals surface area contributed by atoms with E-state index in [1.807, 2.05) is 0 Å². The highest BCUT2D eigenvalue weighted by molar-refractivity contribution is 5.28. The molecule has 13 heavy (non-hydrogen) atoms. The quantitative estimate of drug-likeness (QED) is 0.516. The van der Waals surface area contributed by atoms with Crippen LogP contribution in [0, 0.1) is 0 Å². The molecule has 0 bridgehead atoms. The Balaban J connectivity index is 2.12. The second-order valence-corrected chi connectivity index (χ2v) is 3.30. The fraction of sp³-hybridized carbons (Fsp3) is 0.714. The first-order valence-electron chi connectivity index (χ1n) is 4.39. The molecule has 2 heterocycles. The molecule has 1 fully saturated rings. The minimum atomic E-state index is -0.249. The van der Waals surface area contributed by atoms with E-state index in [0.29, 0.717) is 12.0 Å². The summed E-state index contributed by atoms with van der Waals surface area (Å²) in [6.07, 6.45) is 0. The molecular formula is C7H13N5O. The van der Waals surface area contributed by atoms with Gasteiger partial charge in [-0.2, -0.15) is 0 Å². The fourth-order valence-electron chi connectivity index (χ4n) is 1.54. The van der Waals surface area contributed by atoms with Gasteiger partial charge in [0.25, 0.3) is 0 Å². The molecule has 1 aliphatic heterocycles. The van der Waals surface area contributed by atoms with Crippen molar-refractivity contribution in [2.75, 3.05) is 24.5 Å². The topological polar surface area (TPSA) is 76.8 Å². The van der Waals surface area contributed by atoms with Gasteiger partial charge in [-0.1, -0.05) is 0 Å². The Morgan fingerprint density at radius 3 is 3.08 bits per heavy atom. The Labute approximate surface area is 75.3 Å². The van der Waals surface area contributed by atoms with Crippen molar-refractivity contribution in [3.8, 4) is 0 Å². The maximum Gasteiger partial charge on any atom is 0.342 e. The van der Waals surface area contributed by atoms with Gasteiger partial charge in [0.05, 0.1) is 0 Å². The minimum absolute atomic E-state index is 0.249. The second kappa shape index (κ2) is 3.21. The third-order valence-electron chi connectivity index (χ3n) is 2.16. The number of hydrogen-bond acceptors (Lipinski definition) is 4. The van der Waals surface area contributed by atoms with Gasteiger partial charge in [-0.25, -0.2) is 9.89 Å². The maximum atomic E-state index is 10.8. The van der Waals surface area contributed by atoms with Gasteiger partial charge in [-0.3, -0.25) is 4.98 Å². The summed E-state index contributed by atoms with van der Waals surface area (Å²) in [6, 6.07) is 0.439. The van der Waals surface area contributed by atoms with Gasteiger partial charge in [0.2, 0.25) is 5.95 Å². The molecule has 1 atom stereocenters. The predicted octanol–water partition coefficient (Wildman–Crippen LogP) is -1.10. The maximum absolute atomic E-state index is 10.8. The van der Waals surface area contributed by atoms with E-state index < -0.39 is 0 Å². The lowest BCUT2D eigenvalue weighted by atomic mass is 10.2. The SMILES string of the molecule is C[C@@H]1CN(c2n[nH]c(=O)[nH]2)CCN1. The first-order valence-corrected chi connectivity index (χ1v) is 4.39. The number of H-pyrrole nitrogens is 2. The summed E-state index contributed by atoms with van der Waals surface area (Å²) in [5.74, 6) is 0.637. The summed E-state index contributed by atoms with van der Waals surface area (Å²) < 4.78 is 0. The molecule has 3 N–H and O–H groups in total. The van der Waals surface area contributed by atoms with E-state index in [9.17, 15) is 4.79 Å². The number of anilines is 1. The number of nitrogens with zero attached hydrogens (tertiary/aromatic N) is 2. The Kier molecular flexibility index (Phi) is 2.05. The van der Waals surface area contributed by atoms with E-state index in [0.717, 1.165) is 19.6 Å². The third-order valence-corrected chi connectivity index (χ3v) is 2.16. The Morgan fingerprint density at radius 2 is 2.46 bits per heavy atom. The Morgan fingerprint density at radius 1 is 1.62 bits per heavy atom. The number of aromatic amines is 2. The third kappa shape index (κ3) is 1.72. The summed E-state index contributed by atoms with van der Waals surface area (Å²) in [5, 5.41) is 9.55. The predicted molar refractivity (Wildman–Crippen MR) is 48.9 cm³/mol. The molecule has 0 amide bonds. The summed E-state index contributed by atoms with van der Waals surface area (Å²) >= 11 is 0. The summed E-state index contributed by atoms with van der Waals surface area (Å²) in [6.45, 7) is 4.79. The normalized spacial score (nSPS) is 23.5. The number of aromatic nitrogens is 3. The number of piperazine rings is 1. The van der Waals surface area contributed by atoms with Gasteiger partial charge in [0, 0.05) is 25.7 Å². The van der Waals surface area contributed by atoms with Crippen LogP contribution in [0.5, 0.6) is 0 Å². The van der Waals surface area contributed by atoms with Crippen LogP contribution in [0.3, 0.4) is 0 Å². The van der Waals surface area contributed by atoms with Gasteiger partial charge in [0.15, 0.2) is 0 Å². The van der Waals surface area contributed by atoms with Crippen LogP contribution in [0.25, 0.3) is 0 Å². The van der Waals surface area contributed by atoms with Crippen molar-refractivity contribution in [1.29, 1.82) is 0 Å². The molecule has 0 aromatic carbocycles. The monoisotopic (exact) mass is 183 g/mol. The van der Waals surface area contributed by atoms with Crippen molar-refractivity contribution < 1.29 is 0 Å². The van der Waals surface area contributed by atoms with Crippen molar-refractivity contribution in [3.05, 3.63) is 10.5 Å². The van der Waals surface area contributed by atoms with E-state index in [2.05, 4.69) is 32.3 Å². The van der Waals surface area contributed by atoms with Crippen molar-refractivity contribution in [2.24, 2.45) is 0 Å². The molecule has 72 valence electrons. The highest BCUT2D eigenvalue weighted by Crippen LogP contribution is 2.06. The molecular weight excluding hydrogens is 170 g/mol. The van der Waals surface area contributed by atoms with Crippen molar-refractivity contribution >= 4 is 5.95 Å². The lowest BCUT2D eigenvalue weighted by molar-refractivity contribution is 0.480. The van der Waals surface area contributed by atoms with Crippen molar-refractivity contribution in [1.82, 2.24) is 20.5 Å². The van der Waals surface area contributed by atoms with E-state index in [1.165, 1.54) is 0 Å². The van der Waals surface area contributed by atoms with Crippen molar-refractivity contribution in [2.45, 2.75) is 13.0 Å². The molecule has 1 aliphatic rings. The van der Waals surface area contributed by atoms with Gasteiger partial charge < -0.3 is 10.2 Å². The molecule has 1 aromatic rings. The summed E-state index contributed by atoms with van der Waals surface area (Å²) in [5.41, 5.74) is -0.249. The van der Waals surface area contributed by atoms with E-state index in [-0.39, 0.29) is 5.69 Å². The molecule has 0 radical (unpaired) electrons. The van der Waals surface area contributed by atoms with Crippen LogP contribution < -0.4 is 15.9 Å². The molecule has 6 nitrogen and oxygen atoms in total. The highest BCUT2D eigenvalue weighted by atomic mass is 16.1. The number of hydrogen-bond donors (Lipinski definition) is 3. The molecule has 1 saturated heterocycles. The van der Waals surface area contributed by atoms with Gasteiger partial charge >= 0.3 is 5.69 Å². The molecule has 1 aromatic heterocycles. The van der Waals surface area contributed by atoms with Gasteiger partial charge in [-0.05, 0) is 6.92 Å². The Hall–Kier alpha value is -1.30. The zero-order valence-electron chi connectivity index (χ0n) is 7.50. The summed E-state index contributed by atoms with van der Waals surface area (Å²) in [4.78, 5) is 15.5. The standard InChI is InChI=1S/C7H13N5O/c1-5-4-12(3-2-8-5)6-9-7(13)11-10-6/h5,8H,2-4H2,1H3,(H2,9,10,11,13)/t5-/m1/s1. The van der Waals surface area contributed by atoms with Crippen LogP contribution in [-0.2, 0) is 0 Å². The van der Waals surface area contributed by atoms with E-state index in [4.69, 9.17) is 0 Å². The fourth-order valence-corrected chi connectivity index (χ4v) is 1.54. The Bertz CT molecular complexity index is 330. The molecule has 0 saturated carbocycles. The zero-order chi connectivity index (χ0) is 9.26. The molecule has 0 spiro atoms. The van der Waals surface area contributed by atoms with Crippen LogP contribution in [0.2, 0.25) is 0 Å². The summed E-state index contributed by atoms with van der Waals surface area (Å²) in [7, 11) is 0. The van der Waals surface area contributed by atoms with Crippen LogP contribution in [0.4, 0.5) is 5.95 Å². The molecule has 0 unspecified atom stereocenters. The average molecular weight is 183 g/mol. The minimum Gasteiger partial charge on any atom is -0.338 e. The molecule has 2 rings (SSSR count). The molecule has 6 heteroatoms. The van der Waals surface area contributed by atoms with Crippen LogP contribution in [0.1, 0.15) is 6.92 Å². The van der Waals surface area contributed by atoms with Crippen molar-refractivity contribution in [3.63, 3.8) is 0 Å². The van der Waals surface area contributed by atoms with Gasteiger partial charge in [-0.15, -0.1) is 5.10 Å². The smallest absolute Gasteiger partial charge is 0.338 e. The average Bonchev–Trinajstić information content (AvgIpc) is 2.52. The van der Waals surface area contributed by atoms with Gasteiger partial charge in [0.1, 0.15) is 0 Å². The van der Waals surface area contributed by atoms with Crippen LogP contribution in [0.15, 0.2) is 4.79 Å². The lowest BCUT2D eigenvalue weighted by Gasteiger charge is -2.31.